The summed E-state index contributed by atoms with van der Waals surface area (Å²) in [7, 11) is 3.11. The van der Waals surface area contributed by atoms with Crippen molar-refractivity contribution in [2.24, 2.45) is 0 Å². The number of aromatic nitrogens is 3. The van der Waals surface area contributed by atoms with Gasteiger partial charge in [-0.15, -0.1) is 0 Å². The molecule has 0 aliphatic rings. The third-order valence-electron chi connectivity index (χ3n) is 4.38. The summed E-state index contributed by atoms with van der Waals surface area (Å²) < 4.78 is 12.2. The minimum atomic E-state index is -0.357. The average molecular weight is 381 g/mol. The van der Waals surface area contributed by atoms with E-state index in [1.165, 1.54) is 0 Å². The Morgan fingerprint density at radius 3 is 2.68 bits per heavy atom. The Kier molecular flexibility index (Phi) is 5.78. The maximum Gasteiger partial charge on any atom is 0.319 e. The van der Waals surface area contributed by atoms with E-state index < -0.39 is 0 Å². The Hall–Kier alpha value is -3.55. The highest BCUT2D eigenvalue weighted by Gasteiger charge is 2.17. The summed E-state index contributed by atoms with van der Waals surface area (Å²) in [5.74, 6) is 1.89. The van der Waals surface area contributed by atoms with Gasteiger partial charge in [0.2, 0.25) is 0 Å². The zero-order chi connectivity index (χ0) is 20.1. The van der Waals surface area contributed by atoms with Crippen LogP contribution in [-0.4, -0.2) is 35.0 Å². The number of benzene rings is 1. The van der Waals surface area contributed by atoms with Crippen molar-refractivity contribution in [2.75, 3.05) is 19.5 Å². The minimum absolute atomic E-state index is 0.255. The number of carbonyl (C=O) groups is 1. The molecule has 3 rings (SSSR count). The van der Waals surface area contributed by atoms with E-state index in [4.69, 9.17) is 9.47 Å². The highest BCUT2D eigenvalue weighted by atomic mass is 16.5. The molecule has 0 saturated carbocycles. The molecule has 0 spiro atoms. The number of nitrogens with one attached hydrogen (secondary N) is 2. The van der Waals surface area contributed by atoms with Gasteiger partial charge in [-0.25, -0.2) is 14.5 Å². The number of pyridine rings is 1. The second kappa shape index (κ2) is 8.43. The number of hydrogen-bond acceptors (Lipinski definition) is 5. The smallest absolute Gasteiger partial charge is 0.319 e. The first-order chi connectivity index (χ1) is 13.5. The molecule has 2 aromatic heterocycles. The van der Waals surface area contributed by atoms with Crippen molar-refractivity contribution in [3.63, 3.8) is 0 Å². The van der Waals surface area contributed by atoms with Gasteiger partial charge in [-0.05, 0) is 38.1 Å². The second-order valence-electron chi connectivity index (χ2n) is 6.17. The van der Waals surface area contributed by atoms with Crippen LogP contribution >= 0.6 is 0 Å². The molecule has 3 aromatic rings. The van der Waals surface area contributed by atoms with Crippen molar-refractivity contribution < 1.29 is 14.3 Å². The number of rotatable bonds is 6. The van der Waals surface area contributed by atoms with Crippen LogP contribution in [0, 0.1) is 6.92 Å². The van der Waals surface area contributed by atoms with Crippen LogP contribution in [0.4, 0.5) is 10.5 Å². The maximum atomic E-state index is 12.5. The molecule has 1 atom stereocenters. The molecule has 8 nitrogen and oxygen atoms in total. The predicted octanol–water partition coefficient (Wildman–Crippen LogP) is 3.48. The fourth-order valence-electron chi connectivity index (χ4n) is 2.90. The summed E-state index contributed by atoms with van der Waals surface area (Å²) in [4.78, 5) is 16.8. The molecule has 2 heterocycles. The third-order valence-corrected chi connectivity index (χ3v) is 4.38. The molecule has 2 amide bonds. The summed E-state index contributed by atoms with van der Waals surface area (Å²) in [6.45, 7) is 3.84. The van der Waals surface area contributed by atoms with E-state index in [0.29, 0.717) is 17.2 Å². The Bertz CT molecular complexity index is 956. The summed E-state index contributed by atoms with van der Waals surface area (Å²) >= 11 is 0. The summed E-state index contributed by atoms with van der Waals surface area (Å²) in [5.41, 5.74) is 2.33. The highest BCUT2D eigenvalue weighted by molar-refractivity contribution is 5.91. The largest absolute Gasteiger partial charge is 0.497 e. The first kappa shape index (κ1) is 19.2. The number of amides is 2. The Balaban J connectivity index is 1.73. The van der Waals surface area contributed by atoms with E-state index in [9.17, 15) is 4.79 Å². The first-order valence-corrected chi connectivity index (χ1v) is 8.79. The van der Waals surface area contributed by atoms with Gasteiger partial charge in [0.25, 0.3) is 0 Å². The molecule has 8 heteroatoms. The van der Waals surface area contributed by atoms with Crippen LogP contribution in [-0.2, 0) is 0 Å². The van der Waals surface area contributed by atoms with Crippen LogP contribution in [0.3, 0.4) is 0 Å². The number of methoxy groups -OCH3 is 2. The van der Waals surface area contributed by atoms with E-state index in [1.807, 2.05) is 32.0 Å². The Morgan fingerprint density at radius 2 is 2.00 bits per heavy atom. The van der Waals surface area contributed by atoms with Gasteiger partial charge in [-0.1, -0.05) is 6.07 Å². The lowest BCUT2D eigenvalue weighted by molar-refractivity contribution is 0.249. The maximum absolute atomic E-state index is 12.5. The predicted molar refractivity (Wildman–Crippen MR) is 106 cm³/mol. The van der Waals surface area contributed by atoms with E-state index in [2.05, 4.69) is 20.7 Å². The quantitative estimate of drug-likeness (QED) is 0.682. The topological polar surface area (TPSA) is 90.3 Å². The van der Waals surface area contributed by atoms with Gasteiger partial charge in [0.15, 0.2) is 5.82 Å². The molecule has 0 unspecified atom stereocenters. The zero-order valence-electron chi connectivity index (χ0n) is 16.3. The number of carbonyl (C=O) groups excluding carboxylic acids is 1. The van der Waals surface area contributed by atoms with Crippen LogP contribution in [0.5, 0.6) is 11.5 Å². The number of urea groups is 1. The normalized spacial score (nSPS) is 11.6. The average Bonchev–Trinajstić information content (AvgIpc) is 3.10. The molecule has 146 valence electrons. The van der Waals surface area contributed by atoms with Gasteiger partial charge in [0, 0.05) is 23.5 Å². The molecule has 0 aliphatic carbocycles. The number of anilines is 1. The number of nitrogens with zero attached hydrogens (tertiary/aromatic N) is 3. The molecule has 0 fully saturated rings. The molecular weight excluding hydrogens is 358 g/mol. The van der Waals surface area contributed by atoms with Crippen LogP contribution in [0.25, 0.3) is 5.82 Å². The van der Waals surface area contributed by atoms with Crippen molar-refractivity contribution in [1.82, 2.24) is 20.1 Å². The molecule has 0 aliphatic heterocycles. The fourth-order valence-corrected chi connectivity index (χ4v) is 2.90. The Labute approximate surface area is 163 Å². The number of hydrogen-bond donors (Lipinski definition) is 2. The van der Waals surface area contributed by atoms with Gasteiger partial charge >= 0.3 is 6.03 Å². The minimum Gasteiger partial charge on any atom is -0.497 e. The summed E-state index contributed by atoms with van der Waals surface area (Å²) in [6.07, 6.45) is 3.45. The molecule has 2 N–H and O–H groups in total. The van der Waals surface area contributed by atoms with Crippen molar-refractivity contribution >= 4 is 11.7 Å². The lowest BCUT2D eigenvalue weighted by Gasteiger charge is -2.16. The molecule has 0 radical (unpaired) electrons. The fraction of sp³-hybridized carbons (Fsp3) is 0.250. The highest BCUT2D eigenvalue weighted by Crippen LogP contribution is 2.29. The van der Waals surface area contributed by atoms with Crippen LogP contribution < -0.4 is 20.1 Å². The van der Waals surface area contributed by atoms with Crippen LogP contribution in [0.1, 0.15) is 24.2 Å². The zero-order valence-corrected chi connectivity index (χ0v) is 16.3. The van der Waals surface area contributed by atoms with E-state index in [1.54, 1.807) is 49.5 Å². The van der Waals surface area contributed by atoms with Gasteiger partial charge in [0.05, 0.1) is 32.1 Å². The molecule has 28 heavy (non-hydrogen) atoms. The van der Waals surface area contributed by atoms with E-state index in [-0.39, 0.29) is 12.1 Å². The van der Waals surface area contributed by atoms with Crippen molar-refractivity contribution in [3.05, 3.63) is 60.0 Å². The monoisotopic (exact) mass is 381 g/mol. The lowest BCUT2D eigenvalue weighted by Crippen LogP contribution is -2.31. The van der Waals surface area contributed by atoms with Crippen LogP contribution in [0.2, 0.25) is 0 Å². The van der Waals surface area contributed by atoms with Crippen molar-refractivity contribution in [2.45, 2.75) is 19.9 Å². The van der Waals surface area contributed by atoms with E-state index >= 15 is 0 Å². The van der Waals surface area contributed by atoms with Gasteiger partial charge < -0.3 is 20.1 Å². The van der Waals surface area contributed by atoms with Crippen molar-refractivity contribution in [3.8, 4) is 17.3 Å². The standard InChI is InChI=1S/C20H23N5O3/c1-13(16-12-22-25(14(16)2)19-7-5-6-10-21-19)23-20(26)24-17-11-15(27-3)8-9-18(17)28-4/h5-13H,1-4H3,(H2,23,24,26)/t13-/m1/s1. The molecule has 0 saturated heterocycles. The second-order valence-corrected chi connectivity index (χ2v) is 6.17. The Morgan fingerprint density at radius 1 is 1.18 bits per heavy atom. The lowest BCUT2D eigenvalue weighted by atomic mass is 10.1. The van der Waals surface area contributed by atoms with Gasteiger partial charge in [-0.2, -0.15) is 5.10 Å². The first-order valence-electron chi connectivity index (χ1n) is 8.79. The third kappa shape index (κ3) is 4.06. The van der Waals surface area contributed by atoms with Gasteiger partial charge in [-0.3, -0.25) is 0 Å². The summed E-state index contributed by atoms with van der Waals surface area (Å²) in [6, 6.07) is 10.2. The molecular formula is C20H23N5O3. The summed E-state index contributed by atoms with van der Waals surface area (Å²) in [5, 5.41) is 10.1. The molecule has 0 bridgehead atoms. The SMILES string of the molecule is COc1ccc(OC)c(NC(=O)N[C@H](C)c2cnn(-c3ccccn3)c2C)c1. The van der Waals surface area contributed by atoms with Crippen LogP contribution in [0.15, 0.2) is 48.8 Å². The number of ether oxygens (including phenoxy) is 2. The van der Waals surface area contributed by atoms with Gasteiger partial charge in [0.1, 0.15) is 11.5 Å². The van der Waals surface area contributed by atoms with Crippen molar-refractivity contribution in [1.29, 1.82) is 0 Å². The molecule has 1 aromatic carbocycles. The van der Waals surface area contributed by atoms with E-state index in [0.717, 1.165) is 17.1 Å².